The van der Waals surface area contributed by atoms with Crippen LogP contribution in [0, 0.1) is 0 Å². The van der Waals surface area contributed by atoms with Gasteiger partial charge in [0.2, 0.25) is 0 Å². The van der Waals surface area contributed by atoms with Gasteiger partial charge in [-0.05, 0) is 25.3 Å². The summed E-state index contributed by atoms with van der Waals surface area (Å²) in [6.07, 6.45) is 4.96. The van der Waals surface area contributed by atoms with Crippen molar-refractivity contribution < 1.29 is 9.18 Å². The molecule has 1 aromatic rings. The van der Waals surface area contributed by atoms with Gasteiger partial charge in [-0.2, -0.15) is 0 Å². The van der Waals surface area contributed by atoms with Crippen LogP contribution in [0.2, 0.25) is 0 Å². The van der Waals surface area contributed by atoms with Crippen molar-refractivity contribution in [3.63, 3.8) is 0 Å². The van der Waals surface area contributed by atoms with E-state index in [2.05, 4.69) is 0 Å². The third-order valence-corrected chi connectivity index (χ3v) is 4.13. The number of halogens is 1. The van der Waals surface area contributed by atoms with Crippen LogP contribution in [0.3, 0.4) is 0 Å². The van der Waals surface area contributed by atoms with Gasteiger partial charge < -0.3 is 0 Å². The molecule has 0 heterocycles. The van der Waals surface area contributed by atoms with Gasteiger partial charge in [-0.1, -0.05) is 43.5 Å². The summed E-state index contributed by atoms with van der Waals surface area (Å²) in [5.74, 6) is 0. The lowest BCUT2D eigenvalue weighted by molar-refractivity contribution is 0.111. The van der Waals surface area contributed by atoms with Gasteiger partial charge in [0.15, 0.2) is 0 Å². The van der Waals surface area contributed by atoms with E-state index in [-0.39, 0.29) is 0 Å². The van der Waals surface area contributed by atoms with Crippen LogP contribution in [-0.2, 0) is 5.41 Å². The lowest BCUT2D eigenvalue weighted by Gasteiger charge is -2.40. The standard InChI is InChI=1S/C15H19FO/c1-12(16)15(9-5-2-6-10-15)14-8-4-3-7-13(14)11-17/h3-4,7-8,11-12H,2,5-6,9-10H2,1H3. The van der Waals surface area contributed by atoms with E-state index in [1.54, 1.807) is 13.0 Å². The van der Waals surface area contributed by atoms with Gasteiger partial charge in [0.1, 0.15) is 12.5 Å². The van der Waals surface area contributed by atoms with Crippen molar-refractivity contribution in [3.8, 4) is 0 Å². The summed E-state index contributed by atoms with van der Waals surface area (Å²) in [7, 11) is 0. The number of carbonyl (C=O) groups is 1. The quantitative estimate of drug-likeness (QED) is 0.721. The fourth-order valence-corrected chi connectivity index (χ4v) is 3.12. The minimum atomic E-state index is -0.899. The Morgan fingerprint density at radius 1 is 1.24 bits per heavy atom. The largest absolute Gasteiger partial charge is 0.298 e. The summed E-state index contributed by atoms with van der Waals surface area (Å²) in [5, 5.41) is 0. The topological polar surface area (TPSA) is 17.1 Å². The normalized spacial score (nSPS) is 20.8. The number of aldehydes is 1. The molecule has 1 fully saturated rings. The second-order valence-electron chi connectivity index (χ2n) is 5.04. The van der Waals surface area contributed by atoms with Crippen LogP contribution in [0.4, 0.5) is 4.39 Å². The number of carbonyl (C=O) groups excluding carboxylic acids is 1. The van der Waals surface area contributed by atoms with E-state index in [0.29, 0.717) is 5.56 Å². The number of benzene rings is 1. The zero-order chi connectivity index (χ0) is 12.3. The fraction of sp³-hybridized carbons (Fsp3) is 0.533. The van der Waals surface area contributed by atoms with Crippen molar-refractivity contribution in [2.45, 2.75) is 50.6 Å². The Kier molecular flexibility index (Phi) is 3.60. The molecule has 1 unspecified atom stereocenters. The lowest BCUT2D eigenvalue weighted by Crippen LogP contribution is -2.38. The van der Waals surface area contributed by atoms with E-state index in [1.807, 2.05) is 18.2 Å². The summed E-state index contributed by atoms with van der Waals surface area (Å²) in [6, 6.07) is 7.46. The van der Waals surface area contributed by atoms with E-state index >= 15 is 0 Å². The van der Waals surface area contributed by atoms with Gasteiger partial charge in [0.05, 0.1) is 0 Å². The molecule has 1 nitrogen and oxygen atoms in total. The van der Waals surface area contributed by atoms with Gasteiger partial charge in [0, 0.05) is 11.0 Å². The van der Waals surface area contributed by atoms with Crippen molar-refractivity contribution in [3.05, 3.63) is 35.4 Å². The van der Waals surface area contributed by atoms with E-state index in [9.17, 15) is 9.18 Å². The van der Waals surface area contributed by atoms with Crippen LogP contribution in [0.25, 0.3) is 0 Å². The van der Waals surface area contributed by atoms with E-state index in [0.717, 1.165) is 37.5 Å². The third-order valence-electron chi connectivity index (χ3n) is 4.13. The van der Waals surface area contributed by atoms with Crippen LogP contribution in [0.15, 0.2) is 24.3 Å². The number of alkyl halides is 1. The summed E-state index contributed by atoms with van der Waals surface area (Å²) < 4.78 is 14.1. The van der Waals surface area contributed by atoms with E-state index < -0.39 is 11.6 Å². The summed E-state index contributed by atoms with van der Waals surface area (Å²) in [6.45, 7) is 1.63. The van der Waals surface area contributed by atoms with Crippen LogP contribution in [0.1, 0.15) is 54.9 Å². The molecule has 1 atom stereocenters. The number of hydrogen-bond donors (Lipinski definition) is 0. The minimum Gasteiger partial charge on any atom is -0.298 e. The molecule has 1 aliphatic carbocycles. The first kappa shape index (κ1) is 12.3. The van der Waals surface area contributed by atoms with Crippen molar-refractivity contribution >= 4 is 6.29 Å². The molecule has 17 heavy (non-hydrogen) atoms. The highest BCUT2D eigenvalue weighted by molar-refractivity contribution is 5.78. The highest BCUT2D eigenvalue weighted by atomic mass is 19.1. The molecular formula is C15H19FO. The molecule has 2 rings (SSSR count). The molecule has 0 saturated heterocycles. The predicted molar refractivity (Wildman–Crippen MR) is 67.2 cm³/mol. The zero-order valence-electron chi connectivity index (χ0n) is 10.3. The molecule has 0 aliphatic heterocycles. The molecule has 1 aliphatic rings. The van der Waals surface area contributed by atoms with E-state index in [4.69, 9.17) is 0 Å². The minimum absolute atomic E-state index is 0.435. The Morgan fingerprint density at radius 2 is 1.88 bits per heavy atom. The molecule has 0 spiro atoms. The summed E-state index contributed by atoms with van der Waals surface area (Å²) >= 11 is 0. The first-order valence-corrected chi connectivity index (χ1v) is 6.39. The van der Waals surface area contributed by atoms with Gasteiger partial charge in [0.25, 0.3) is 0 Å². The van der Waals surface area contributed by atoms with Crippen molar-refractivity contribution in [1.82, 2.24) is 0 Å². The van der Waals surface area contributed by atoms with Gasteiger partial charge in [-0.25, -0.2) is 4.39 Å². The smallest absolute Gasteiger partial charge is 0.150 e. The maximum absolute atomic E-state index is 14.1. The highest BCUT2D eigenvalue weighted by Crippen LogP contribution is 2.44. The molecule has 0 N–H and O–H groups in total. The first-order valence-electron chi connectivity index (χ1n) is 6.39. The maximum atomic E-state index is 14.1. The molecule has 1 aromatic carbocycles. The Balaban J connectivity index is 2.48. The molecule has 0 bridgehead atoms. The first-order chi connectivity index (χ1) is 8.20. The van der Waals surface area contributed by atoms with Gasteiger partial charge >= 0.3 is 0 Å². The SMILES string of the molecule is CC(F)C1(c2ccccc2C=O)CCCCC1. The maximum Gasteiger partial charge on any atom is 0.150 e. The van der Waals surface area contributed by atoms with E-state index in [1.165, 1.54) is 6.42 Å². The van der Waals surface area contributed by atoms with Crippen molar-refractivity contribution in [2.75, 3.05) is 0 Å². The predicted octanol–water partition coefficient (Wildman–Crippen LogP) is 4.06. The third kappa shape index (κ3) is 2.13. The molecule has 0 radical (unpaired) electrons. The zero-order valence-corrected chi connectivity index (χ0v) is 10.3. The Hall–Kier alpha value is -1.18. The van der Waals surface area contributed by atoms with Crippen LogP contribution in [0.5, 0.6) is 0 Å². The van der Waals surface area contributed by atoms with Crippen molar-refractivity contribution in [1.29, 1.82) is 0 Å². The Morgan fingerprint density at radius 3 is 2.47 bits per heavy atom. The number of rotatable bonds is 3. The Labute approximate surface area is 102 Å². The molecule has 1 saturated carbocycles. The second-order valence-corrected chi connectivity index (χ2v) is 5.04. The van der Waals surface area contributed by atoms with Crippen LogP contribution >= 0.6 is 0 Å². The van der Waals surface area contributed by atoms with Gasteiger partial charge in [-0.15, -0.1) is 0 Å². The Bertz CT molecular complexity index is 392. The molecular weight excluding hydrogens is 215 g/mol. The number of hydrogen-bond acceptors (Lipinski definition) is 1. The second kappa shape index (κ2) is 4.99. The molecule has 0 amide bonds. The lowest BCUT2D eigenvalue weighted by atomic mass is 9.66. The fourth-order valence-electron chi connectivity index (χ4n) is 3.12. The molecule has 0 aromatic heterocycles. The summed E-state index contributed by atoms with van der Waals surface area (Å²) in [4.78, 5) is 11.1. The van der Waals surface area contributed by atoms with Crippen LogP contribution < -0.4 is 0 Å². The molecule has 92 valence electrons. The highest BCUT2D eigenvalue weighted by Gasteiger charge is 2.40. The molecule has 2 heteroatoms. The van der Waals surface area contributed by atoms with Gasteiger partial charge in [-0.3, -0.25) is 4.79 Å². The monoisotopic (exact) mass is 234 g/mol. The van der Waals surface area contributed by atoms with Crippen LogP contribution in [-0.4, -0.2) is 12.5 Å². The average Bonchev–Trinajstić information content (AvgIpc) is 2.39. The average molecular weight is 234 g/mol. The van der Waals surface area contributed by atoms with Crippen molar-refractivity contribution in [2.24, 2.45) is 0 Å². The summed E-state index contributed by atoms with van der Waals surface area (Å²) in [5.41, 5.74) is 1.12.